The number of aliphatic hydroxyl groups is 1. The number of esters is 1. The minimum atomic E-state index is -0.846. The maximum atomic E-state index is 14.1. The highest BCUT2D eigenvalue weighted by atomic mass is 32.2. The fraction of sp³-hybridized carbons (Fsp3) is 0.731. The van der Waals surface area contributed by atoms with Gasteiger partial charge in [-0.15, -0.1) is 11.8 Å². The molecule has 4 aliphatic rings. The van der Waals surface area contributed by atoms with Crippen molar-refractivity contribution in [1.29, 1.82) is 0 Å². The molecule has 4 heterocycles. The predicted molar refractivity (Wildman–Crippen MR) is 132 cm³/mol. The second-order valence-electron chi connectivity index (χ2n) is 10.2. The molecular formula is C26H38N2O5S. The summed E-state index contributed by atoms with van der Waals surface area (Å²) in [6.45, 7) is 7.26. The SMILES string of the molecule is CCCC(C)N1CC=C[C@]23S[C@]4(C)/C=C\CCCCOC(=O)[C@@H]4[C@H]2C(=O)N(CCCO)C3C1=O. The Hall–Kier alpha value is -1.80. The van der Waals surface area contributed by atoms with Crippen LogP contribution in [0.4, 0.5) is 0 Å². The van der Waals surface area contributed by atoms with Gasteiger partial charge in [0.15, 0.2) is 0 Å². The number of fused-ring (bicyclic) bond motifs is 2. The van der Waals surface area contributed by atoms with Crippen molar-refractivity contribution in [3.8, 4) is 0 Å². The molecule has 6 atom stereocenters. The van der Waals surface area contributed by atoms with E-state index in [0.29, 0.717) is 26.1 Å². The van der Waals surface area contributed by atoms with Crippen molar-refractivity contribution in [2.45, 2.75) is 80.9 Å². The van der Waals surface area contributed by atoms with E-state index in [-0.39, 0.29) is 30.4 Å². The Morgan fingerprint density at radius 3 is 2.71 bits per heavy atom. The van der Waals surface area contributed by atoms with Crippen molar-refractivity contribution in [2.75, 3.05) is 26.3 Å². The van der Waals surface area contributed by atoms with Crippen molar-refractivity contribution in [3.05, 3.63) is 24.3 Å². The van der Waals surface area contributed by atoms with E-state index in [1.54, 1.807) is 16.7 Å². The number of aliphatic hydroxyl groups excluding tert-OH is 1. The van der Waals surface area contributed by atoms with Gasteiger partial charge in [-0.1, -0.05) is 37.6 Å². The molecule has 2 saturated heterocycles. The summed E-state index contributed by atoms with van der Waals surface area (Å²) in [5.74, 6) is -1.93. The number of ether oxygens (including phenoxy) is 1. The monoisotopic (exact) mass is 490 g/mol. The fourth-order valence-electron chi connectivity index (χ4n) is 6.27. The first-order valence-electron chi connectivity index (χ1n) is 12.7. The number of hydrogen-bond acceptors (Lipinski definition) is 6. The summed E-state index contributed by atoms with van der Waals surface area (Å²) < 4.78 is 4.19. The highest BCUT2D eigenvalue weighted by Crippen LogP contribution is 2.65. The van der Waals surface area contributed by atoms with Crippen LogP contribution in [0.5, 0.6) is 0 Å². The Labute approximate surface area is 206 Å². The zero-order valence-electron chi connectivity index (χ0n) is 20.6. The Morgan fingerprint density at radius 2 is 1.97 bits per heavy atom. The Bertz CT molecular complexity index is 875. The summed E-state index contributed by atoms with van der Waals surface area (Å²) in [6.07, 6.45) is 13.1. The molecule has 0 aliphatic carbocycles. The van der Waals surface area contributed by atoms with Crippen LogP contribution >= 0.6 is 11.8 Å². The predicted octanol–water partition coefficient (Wildman–Crippen LogP) is 2.93. The lowest BCUT2D eigenvalue weighted by Crippen LogP contribution is -2.55. The van der Waals surface area contributed by atoms with Crippen LogP contribution in [0.3, 0.4) is 0 Å². The van der Waals surface area contributed by atoms with Gasteiger partial charge in [0.1, 0.15) is 6.04 Å². The van der Waals surface area contributed by atoms with Crippen LogP contribution in [-0.2, 0) is 19.1 Å². The number of carbonyl (C=O) groups excluding carboxylic acids is 3. The summed E-state index contributed by atoms with van der Waals surface area (Å²) in [7, 11) is 0. The van der Waals surface area contributed by atoms with Crippen LogP contribution < -0.4 is 0 Å². The van der Waals surface area contributed by atoms with Crippen molar-refractivity contribution in [2.24, 2.45) is 11.8 Å². The minimum absolute atomic E-state index is 0.0543. The lowest BCUT2D eigenvalue weighted by Gasteiger charge is -2.38. The van der Waals surface area contributed by atoms with Gasteiger partial charge < -0.3 is 19.6 Å². The third-order valence-electron chi connectivity index (χ3n) is 7.83. The second kappa shape index (κ2) is 10.1. The molecule has 4 aliphatic heterocycles. The quantitative estimate of drug-likeness (QED) is 0.455. The maximum Gasteiger partial charge on any atom is 0.311 e. The van der Waals surface area contributed by atoms with Crippen LogP contribution in [0.1, 0.15) is 59.3 Å². The Kier molecular flexibility index (Phi) is 7.48. The first kappa shape index (κ1) is 25.3. The minimum Gasteiger partial charge on any atom is -0.465 e. The van der Waals surface area contributed by atoms with Crippen molar-refractivity contribution in [1.82, 2.24) is 9.80 Å². The van der Waals surface area contributed by atoms with Gasteiger partial charge in [-0.2, -0.15) is 0 Å². The third-order valence-corrected chi connectivity index (χ3v) is 9.62. The van der Waals surface area contributed by atoms with E-state index in [1.807, 2.05) is 24.0 Å². The smallest absolute Gasteiger partial charge is 0.311 e. The van der Waals surface area contributed by atoms with Crippen LogP contribution in [0.2, 0.25) is 0 Å². The summed E-state index contributed by atoms with van der Waals surface area (Å²) in [4.78, 5) is 45.1. The van der Waals surface area contributed by atoms with Crippen LogP contribution in [-0.4, -0.2) is 80.6 Å². The molecule has 2 fully saturated rings. The summed E-state index contributed by atoms with van der Waals surface area (Å²) in [5, 5.41) is 9.50. The molecule has 4 rings (SSSR count). The molecule has 1 N–H and O–H groups in total. The molecule has 0 aromatic heterocycles. The number of likely N-dealkylation sites (tertiary alicyclic amines) is 1. The number of hydrogen-bond donors (Lipinski definition) is 1. The molecule has 0 aromatic carbocycles. The number of nitrogens with zero attached hydrogens (tertiary/aromatic N) is 2. The Balaban J connectivity index is 1.82. The van der Waals surface area contributed by atoms with Gasteiger partial charge in [0, 0.05) is 30.5 Å². The fourth-order valence-corrected chi connectivity index (χ4v) is 8.42. The van der Waals surface area contributed by atoms with E-state index in [0.717, 1.165) is 32.1 Å². The van der Waals surface area contributed by atoms with Gasteiger partial charge in [-0.05, 0) is 46.0 Å². The van der Waals surface area contributed by atoms with Crippen LogP contribution in [0.25, 0.3) is 0 Å². The molecule has 7 nitrogen and oxygen atoms in total. The van der Waals surface area contributed by atoms with Gasteiger partial charge in [0.25, 0.3) is 0 Å². The molecule has 0 radical (unpaired) electrons. The highest BCUT2D eigenvalue weighted by molar-refractivity contribution is 8.02. The molecule has 0 saturated carbocycles. The molecule has 2 unspecified atom stereocenters. The molecule has 2 amide bonds. The molecule has 8 heteroatoms. The first-order chi connectivity index (χ1) is 16.3. The molecule has 0 aromatic rings. The summed E-state index contributed by atoms with van der Waals surface area (Å²) >= 11 is 1.58. The largest absolute Gasteiger partial charge is 0.465 e. The number of thioether (sulfide) groups is 1. The maximum absolute atomic E-state index is 14.1. The third kappa shape index (κ3) is 4.11. The normalized spacial score (nSPS) is 37.5. The van der Waals surface area contributed by atoms with Gasteiger partial charge in [0.05, 0.1) is 23.2 Å². The number of carbonyl (C=O) groups is 3. The van der Waals surface area contributed by atoms with E-state index in [2.05, 4.69) is 26.0 Å². The second-order valence-corrected chi connectivity index (χ2v) is 12.0. The molecule has 0 bridgehead atoms. The summed E-state index contributed by atoms with van der Waals surface area (Å²) in [5.41, 5.74) is 0. The molecule has 188 valence electrons. The number of allylic oxidation sites excluding steroid dienone is 1. The van der Waals surface area contributed by atoms with E-state index >= 15 is 0 Å². The molecule has 34 heavy (non-hydrogen) atoms. The van der Waals surface area contributed by atoms with E-state index in [1.165, 1.54) is 0 Å². The number of amides is 2. The van der Waals surface area contributed by atoms with Crippen molar-refractivity contribution >= 4 is 29.5 Å². The van der Waals surface area contributed by atoms with Crippen molar-refractivity contribution < 1.29 is 24.2 Å². The van der Waals surface area contributed by atoms with E-state index < -0.39 is 27.4 Å². The van der Waals surface area contributed by atoms with E-state index in [9.17, 15) is 19.5 Å². The zero-order chi connectivity index (χ0) is 24.5. The summed E-state index contributed by atoms with van der Waals surface area (Å²) in [6, 6.07) is -0.644. The zero-order valence-corrected chi connectivity index (χ0v) is 21.4. The standard InChI is InChI=1S/C26H38N2O5S/c1-4-11-18(2)27-14-9-13-26-19(22(30)28(15-10-16-29)21(26)23(27)31)20-24(32)33-17-8-6-5-7-12-25(20,3)34-26/h7,9,12-13,18-21,29H,4-6,8,10-11,14-17H2,1-3H3/b12-7-/t18?,19-,20-,21?,25+,26-/m0/s1. The topological polar surface area (TPSA) is 87.2 Å². The van der Waals surface area contributed by atoms with Crippen LogP contribution in [0, 0.1) is 11.8 Å². The van der Waals surface area contributed by atoms with Crippen LogP contribution in [0.15, 0.2) is 24.3 Å². The molecule has 1 spiro atoms. The first-order valence-corrected chi connectivity index (χ1v) is 13.6. The lowest BCUT2D eigenvalue weighted by molar-refractivity contribution is -0.154. The van der Waals surface area contributed by atoms with Gasteiger partial charge >= 0.3 is 5.97 Å². The average Bonchev–Trinajstić information content (AvgIpc) is 3.12. The lowest BCUT2D eigenvalue weighted by atomic mass is 9.74. The molecular weight excluding hydrogens is 452 g/mol. The van der Waals surface area contributed by atoms with Crippen molar-refractivity contribution in [3.63, 3.8) is 0 Å². The Morgan fingerprint density at radius 1 is 1.18 bits per heavy atom. The van der Waals surface area contributed by atoms with Gasteiger partial charge in [-0.3, -0.25) is 14.4 Å². The van der Waals surface area contributed by atoms with Gasteiger partial charge in [0.2, 0.25) is 11.8 Å². The number of cyclic esters (lactones) is 1. The highest BCUT2D eigenvalue weighted by Gasteiger charge is 2.73. The number of rotatable bonds is 6. The van der Waals surface area contributed by atoms with E-state index in [4.69, 9.17) is 4.74 Å². The van der Waals surface area contributed by atoms with Gasteiger partial charge in [-0.25, -0.2) is 0 Å². The average molecular weight is 491 g/mol.